The maximum absolute atomic E-state index is 12.1. The third-order valence-corrected chi connectivity index (χ3v) is 5.07. The van der Waals surface area contributed by atoms with Gasteiger partial charge in [-0.1, -0.05) is 0 Å². The van der Waals surface area contributed by atoms with Gasteiger partial charge in [0.15, 0.2) is 0 Å². The Hall–Kier alpha value is -1.71. The van der Waals surface area contributed by atoms with Crippen LogP contribution in [0, 0.1) is 10.1 Å². The highest BCUT2D eigenvalue weighted by molar-refractivity contribution is 7.89. The van der Waals surface area contributed by atoms with Crippen LogP contribution in [0.25, 0.3) is 0 Å². The van der Waals surface area contributed by atoms with Gasteiger partial charge in [0.1, 0.15) is 5.69 Å². The van der Waals surface area contributed by atoms with Gasteiger partial charge in [-0.05, 0) is 38.8 Å². The van der Waals surface area contributed by atoms with Gasteiger partial charge in [0, 0.05) is 25.3 Å². The van der Waals surface area contributed by atoms with Crippen molar-refractivity contribution in [2.24, 2.45) is 0 Å². The third kappa shape index (κ3) is 4.63. The Kier molecular flexibility index (Phi) is 5.55. The van der Waals surface area contributed by atoms with Crippen LogP contribution in [0.2, 0.25) is 0 Å². The smallest absolute Gasteiger partial charge is 0.293 e. The van der Waals surface area contributed by atoms with E-state index in [2.05, 4.69) is 10.0 Å². The molecule has 0 aromatic heterocycles. The number of anilines is 1. The summed E-state index contributed by atoms with van der Waals surface area (Å²) in [5.74, 6) is 0. The molecule has 0 amide bonds. The number of nitrogens with one attached hydrogen (secondary N) is 2. The molecule has 0 bridgehead atoms. The Bertz CT molecular complexity index is 669. The summed E-state index contributed by atoms with van der Waals surface area (Å²) in [6.45, 7) is 4.52. The predicted molar refractivity (Wildman–Crippen MR) is 86.0 cm³/mol. The molecule has 0 aliphatic carbocycles. The van der Waals surface area contributed by atoms with Crippen LogP contribution < -0.4 is 10.0 Å². The number of nitro groups is 1. The number of sulfonamides is 1. The highest BCUT2D eigenvalue weighted by Gasteiger charge is 2.23. The Morgan fingerprint density at radius 1 is 1.43 bits per heavy atom. The standard InChI is InChI=1S/C14H21N3O5S/c1-10(2)16-23(20,21)12-5-6-13(14(8-12)17(18)19)15-9-11-4-3-7-22-11/h5-6,8,10-11,15-16H,3-4,7,9H2,1-2H3/t11-/m0/s1. The first-order valence-electron chi connectivity index (χ1n) is 7.46. The Morgan fingerprint density at radius 2 is 2.17 bits per heavy atom. The molecule has 0 spiro atoms. The maximum atomic E-state index is 12.1. The van der Waals surface area contributed by atoms with Crippen molar-refractivity contribution in [1.29, 1.82) is 0 Å². The van der Waals surface area contributed by atoms with Gasteiger partial charge in [0.2, 0.25) is 10.0 Å². The molecule has 1 fully saturated rings. The molecule has 1 aliphatic rings. The number of hydrogen-bond acceptors (Lipinski definition) is 6. The fourth-order valence-corrected chi connectivity index (χ4v) is 3.66. The van der Waals surface area contributed by atoms with Gasteiger partial charge in [-0.2, -0.15) is 0 Å². The van der Waals surface area contributed by atoms with Crippen LogP contribution in [-0.2, 0) is 14.8 Å². The number of ether oxygens (including phenoxy) is 1. The zero-order chi connectivity index (χ0) is 17.0. The Morgan fingerprint density at radius 3 is 2.74 bits per heavy atom. The molecule has 0 saturated carbocycles. The quantitative estimate of drug-likeness (QED) is 0.577. The number of rotatable bonds is 7. The van der Waals surface area contributed by atoms with E-state index in [-0.39, 0.29) is 28.4 Å². The minimum atomic E-state index is -3.77. The molecule has 2 rings (SSSR count). The van der Waals surface area contributed by atoms with Crippen molar-refractivity contribution in [3.8, 4) is 0 Å². The lowest BCUT2D eigenvalue weighted by Gasteiger charge is -2.13. The largest absolute Gasteiger partial charge is 0.377 e. The molecular weight excluding hydrogens is 322 g/mol. The molecule has 0 radical (unpaired) electrons. The van der Waals surface area contributed by atoms with Crippen LogP contribution in [-0.4, -0.2) is 38.6 Å². The minimum absolute atomic E-state index is 0.0284. The fourth-order valence-electron chi connectivity index (χ4n) is 2.39. The van der Waals surface area contributed by atoms with Gasteiger partial charge in [0.25, 0.3) is 5.69 Å². The van der Waals surface area contributed by atoms with E-state index in [1.54, 1.807) is 13.8 Å². The summed E-state index contributed by atoms with van der Waals surface area (Å²) >= 11 is 0. The van der Waals surface area contributed by atoms with E-state index in [9.17, 15) is 18.5 Å². The summed E-state index contributed by atoms with van der Waals surface area (Å²) < 4.78 is 32.1. The second-order valence-corrected chi connectivity index (χ2v) is 7.44. The SMILES string of the molecule is CC(C)NS(=O)(=O)c1ccc(NC[C@@H]2CCCO2)c([N+](=O)[O-])c1. The van der Waals surface area contributed by atoms with Gasteiger partial charge in [-0.25, -0.2) is 13.1 Å². The summed E-state index contributed by atoms with van der Waals surface area (Å²) in [5, 5.41) is 14.2. The third-order valence-electron chi connectivity index (χ3n) is 3.41. The summed E-state index contributed by atoms with van der Waals surface area (Å²) in [6.07, 6.45) is 1.92. The molecule has 1 aliphatic heterocycles. The predicted octanol–water partition coefficient (Wildman–Crippen LogP) is 1.87. The van der Waals surface area contributed by atoms with E-state index >= 15 is 0 Å². The minimum Gasteiger partial charge on any atom is -0.377 e. The van der Waals surface area contributed by atoms with Gasteiger partial charge in [-0.3, -0.25) is 10.1 Å². The molecule has 0 unspecified atom stereocenters. The van der Waals surface area contributed by atoms with Crippen LogP contribution in [0.3, 0.4) is 0 Å². The highest BCUT2D eigenvalue weighted by Crippen LogP contribution is 2.28. The molecule has 8 nitrogen and oxygen atoms in total. The monoisotopic (exact) mass is 343 g/mol. The summed E-state index contributed by atoms with van der Waals surface area (Å²) in [5.41, 5.74) is 0.0172. The average Bonchev–Trinajstić information content (AvgIpc) is 2.96. The van der Waals surface area contributed by atoms with Crippen LogP contribution >= 0.6 is 0 Å². The molecule has 128 valence electrons. The Balaban J connectivity index is 2.22. The lowest BCUT2D eigenvalue weighted by atomic mass is 10.2. The van der Waals surface area contributed by atoms with Gasteiger partial charge in [0.05, 0.1) is 15.9 Å². The van der Waals surface area contributed by atoms with Gasteiger partial charge >= 0.3 is 0 Å². The Labute approximate surface area is 135 Å². The second kappa shape index (κ2) is 7.24. The number of benzene rings is 1. The average molecular weight is 343 g/mol. The van der Waals surface area contributed by atoms with Crippen molar-refractivity contribution < 1.29 is 18.1 Å². The van der Waals surface area contributed by atoms with Crippen molar-refractivity contribution in [2.75, 3.05) is 18.5 Å². The summed E-state index contributed by atoms with van der Waals surface area (Å²) in [6, 6.07) is 3.55. The first-order chi connectivity index (χ1) is 10.8. The zero-order valence-electron chi connectivity index (χ0n) is 13.1. The fraction of sp³-hybridized carbons (Fsp3) is 0.571. The van der Waals surface area contributed by atoms with E-state index in [4.69, 9.17) is 4.74 Å². The topological polar surface area (TPSA) is 111 Å². The molecular formula is C14H21N3O5S. The van der Waals surface area contributed by atoms with Crippen LogP contribution in [0.1, 0.15) is 26.7 Å². The number of nitro benzene ring substituents is 1. The first kappa shape index (κ1) is 17.6. The summed E-state index contributed by atoms with van der Waals surface area (Å²) in [7, 11) is -3.77. The molecule has 1 atom stereocenters. The van der Waals surface area contributed by atoms with Crippen LogP contribution in [0.15, 0.2) is 23.1 Å². The van der Waals surface area contributed by atoms with E-state index in [1.807, 2.05) is 0 Å². The lowest BCUT2D eigenvalue weighted by molar-refractivity contribution is -0.384. The molecule has 2 N–H and O–H groups in total. The zero-order valence-corrected chi connectivity index (χ0v) is 13.9. The van der Waals surface area contributed by atoms with E-state index in [0.29, 0.717) is 13.2 Å². The van der Waals surface area contributed by atoms with Crippen molar-refractivity contribution in [3.05, 3.63) is 28.3 Å². The second-order valence-electron chi connectivity index (χ2n) is 5.73. The summed E-state index contributed by atoms with van der Waals surface area (Å²) in [4.78, 5) is 10.5. The van der Waals surface area contributed by atoms with Crippen molar-refractivity contribution >= 4 is 21.4 Å². The molecule has 9 heteroatoms. The molecule has 1 saturated heterocycles. The normalized spacial score (nSPS) is 18.3. The van der Waals surface area contributed by atoms with E-state index < -0.39 is 14.9 Å². The molecule has 23 heavy (non-hydrogen) atoms. The lowest BCUT2D eigenvalue weighted by Crippen LogP contribution is -2.30. The van der Waals surface area contributed by atoms with Crippen LogP contribution in [0.4, 0.5) is 11.4 Å². The molecule has 1 aromatic carbocycles. The van der Waals surface area contributed by atoms with Crippen LogP contribution in [0.5, 0.6) is 0 Å². The first-order valence-corrected chi connectivity index (χ1v) is 8.94. The maximum Gasteiger partial charge on any atom is 0.293 e. The number of nitrogens with zero attached hydrogens (tertiary/aromatic N) is 1. The van der Waals surface area contributed by atoms with E-state index in [1.165, 1.54) is 12.1 Å². The van der Waals surface area contributed by atoms with Crippen molar-refractivity contribution in [2.45, 2.75) is 43.7 Å². The van der Waals surface area contributed by atoms with E-state index in [0.717, 1.165) is 18.9 Å². The number of hydrogen-bond donors (Lipinski definition) is 2. The van der Waals surface area contributed by atoms with Crippen molar-refractivity contribution in [3.63, 3.8) is 0 Å². The molecule has 1 heterocycles. The van der Waals surface area contributed by atoms with Gasteiger partial charge < -0.3 is 10.1 Å². The molecule has 1 aromatic rings. The van der Waals surface area contributed by atoms with Gasteiger partial charge in [-0.15, -0.1) is 0 Å². The highest BCUT2D eigenvalue weighted by atomic mass is 32.2. The van der Waals surface area contributed by atoms with Crippen molar-refractivity contribution in [1.82, 2.24) is 4.72 Å².